The zero-order chi connectivity index (χ0) is 16.7. The molecule has 1 aliphatic rings. The maximum atomic E-state index is 13.0. The molecule has 0 saturated heterocycles. The molecule has 1 amide bonds. The van der Waals surface area contributed by atoms with Gasteiger partial charge in [0.15, 0.2) is 5.69 Å². The minimum absolute atomic E-state index is 0.216. The third-order valence-electron chi connectivity index (χ3n) is 4.26. The molecule has 0 bridgehead atoms. The number of aryl methyl sites for hydroxylation is 1. The van der Waals surface area contributed by atoms with E-state index >= 15 is 0 Å². The van der Waals surface area contributed by atoms with Gasteiger partial charge in [0, 0.05) is 31.1 Å². The van der Waals surface area contributed by atoms with Crippen molar-refractivity contribution < 1.29 is 4.79 Å². The van der Waals surface area contributed by atoms with Crippen molar-refractivity contribution in [3.63, 3.8) is 0 Å². The SMILES string of the molecule is Cc1[nH]nc(C(=O)N2CCc3[nH]cnc3[C@@H]2c2cccnc2)c1Cl. The second-order valence-electron chi connectivity index (χ2n) is 5.71. The Balaban J connectivity index is 1.79. The van der Waals surface area contributed by atoms with E-state index in [-0.39, 0.29) is 17.6 Å². The molecule has 0 saturated carbocycles. The maximum absolute atomic E-state index is 13.0. The van der Waals surface area contributed by atoms with Crippen LogP contribution >= 0.6 is 11.6 Å². The molecular formula is C16H15ClN6O. The van der Waals surface area contributed by atoms with E-state index in [1.165, 1.54) is 0 Å². The van der Waals surface area contributed by atoms with Gasteiger partial charge in [-0.15, -0.1) is 0 Å². The topological polar surface area (TPSA) is 90.6 Å². The number of carbonyl (C=O) groups excluding carboxylic acids is 1. The molecule has 3 aromatic heterocycles. The number of nitrogens with one attached hydrogen (secondary N) is 2. The average Bonchev–Trinajstić information content (AvgIpc) is 3.21. The van der Waals surface area contributed by atoms with Crippen molar-refractivity contribution >= 4 is 17.5 Å². The van der Waals surface area contributed by atoms with Crippen molar-refractivity contribution in [1.82, 2.24) is 30.0 Å². The minimum atomic E-state index is -0.311. The quantitative estimate of drug-likeness (QED) is 0.747. The van der Waals surface area contributed by atoms with Gasteiger partial charge in [0.25, 0.3) is 5.91 Å². The molecule has 122 valence electrons. The van der Waals surface area contributed by atoms with E-state index in [2.05, 4.69) is 25.1 Å². The number of rotatable bonds is 2. The van der Waals surface area contributed by atoms with E-state index in [0.29, 0.717) is 23.7 Å². The number of H-pyrrole nitrogens is 2. The number of imidazole rings is 1. The van der Waals surface area contributed by atoms with Crippen LogP contribution in [0.2, 0.25) is 5.02 Å². The highest BCUT2D eigenvalue weighted by molar-refractivity contribution is 6.34. The number of nitrogens with zero attached hydrogens (tertiary/aromatic N) is 4. The fraction of sp³-hybridized carbons (Fsp3) is 0.250. The highest BCUT2D eigenvalue weighted by atomic mass is 35.5. The first kappa shape index (κ1) is 14.9. The number of aromatic nitrogens is 5. The first-order valence-electron chi connectivity index (χ1n) is 7.60. The molecule has 4 heterocycles. The molecule has 2 N–H and O–H groups in total. The monoisotopic (exact) mass is 342 g/mol. The third kappa shape index (κ3) is 2.28. The molecule has 4 rings (SSSR count). The largest absolute Gasteiger partial charge is 0.348 e. The highest BCUT2D eigenvalue weighted by Crippen LogP contribution is 2.34. The number of aromatic amines is 2. The Kier molecular flexibility index (Phi) is 3.57. The molecule has 0 unspecified atom stereocenters. The Hall–Kier alpha value is -2.67. The van der Waals surface area contributed by atoms with Crippen LogP contribution in [-0.4, -0.2) is 42.5 Å². The maximum Gasteiger partial charge on any atom is 0.276 e. The van der Waals surface area contributed by atoms with Gasteiger partial charge in [-0.05, 0) is 18.6 Å². The van der Waals surface area contributed by atoms with Crippen LogP contribution < -0.4 is 0 Å². The molecule has 0 fully saturated rings. The number of pyridine rings is 1. The van der Waals surface area contributed by atoms with Gasteiger partial charge in [-0.25, -0.2) is 4.98 Å². The normalized spacial score (nSPS) is 16.9. The van der Waals surface area contributed by atoms with Crippen LogP contribution in [0, 0.1) is 6.92 Å². The van der Waals surface area contributed by atoms with E-state index in [9.17, 15) is 4.79 Å². The zero-order valence-corrected chi connectivity index (χ0v) is 13.7. The standard InChI is InChI=1S/C16H15ClN6O/c1-9-12(17)14(22-21-9)16(24)23-6-4-11-13(20-8-19-11)15(23)10-3-2-5-18-7-10/h2-3,5,7-8,15H,4,6H2,1H3,(H,19,20)(H,21,22)/t15-/m0/s1. The second-order valence-corrected chi connectivity index (χ2v) is 6.09. The summed E-state index contributed by atoms with van der Waals surface area (Å²) in [5.74, 6) is -0.216. The van der Waals surface area contributed by atoms with Crippen molar-refractivity contribution in [2.24, 2.45) is 0 Å². The van der Waals surface area contributed by atoms with Crippen LogP contribution in [0.4, 0.5) is 0 Å². The van der Waals surface area contributed by atoms with E-state index in [1.54, 1.807) is 30.5 Å². The van der Waals surface area contributed by atoms with Crippen LogP contribution in [0.3, 0.4) is 0 Å². The molecular weight excluding hydrogens is 328 g/mol. The minimum Gasteiger partial charge on any atom is -0.348 e. The molecule has 0 spiro atoms. The van der Waals surface area contributed by atoms with Crippen LogP contribution in [-0.2, 0) is 6.42 Å². The van der Waals surface area contributed by atoms with Gasteiger partial charge >= 0.3 is 0 Å². The van der Waals surface area contributed by atoms with E-state index in [1.807, 2.05) is 12.1 Å². The summed E-state index contributed by atoms with van der Waals surface area (Å²) in [6.45, 7) is 2.34. The lowest BCUT2D eigenvalue weighted by Crippen LogP contribution is -2.41. The molecule has 1 atom stereocenters. The van der Waals surface area contributed by atoms with Crippen LogP contribution in [0.15, 0.2) is 30.9 Å². The van der Waals surface area contributed by atoms with Crippen LogP contribution in [0.25, 0.3) is 0 Å². The first-order valence-corrected chi connectivity index (χ1v) is 7.98. The molecule has 24 heavy (non-hydrogen) atoms. The Labute approximate surface area is 143 Å². The summed E-state index contributed by atoms with van der Waals surface area (Å²) in [7, 11) is 0. The zero-order valence-electron chi connectivity index (χ0n) is 13.0. The van der Waals surface area contributed by atoms with Crippen molar-refractivity contribution in [3.8, 4) is 0 Å². The predicted molar refractivity (Wildman–Crippen MR) is 87.7 cm³/mol. The number of halogens is 1. The molecule has 7 nitrogen and oxygen atoms in total. The smallest absolute Gasteiger partial charge is 0.276 e. The number of hydrogen-bond donors (Lipinski definition) is 2. The van der Waals surface area contributed by atoms with Gasteiger partial charge in [-0.1, -0.05) is 17.7 Å². The summed E-state index contributed by atoms with van der Waals surface area (Å²) in [6.07, 6.45) is 5.83. The molecule has 0 radical (unpaired) electrons. The Morgan fingerprint density at radius 2 is 2.33 bits per heavy atom. The number of hydrogen-bond acceptors (Lipinski definition) is 4. The summed E-state index contributed by atoms with van der Waals surface area (Å²) in [4.78, 5) is 26.6. The molecule has 8 heteroatoms. The Morgan fingerprint density at radius 3 is 3.04 bits per heavy atom. The number of fused-ring (bicyclic) bond motifs is 1. The van der Waals surface area contributed by atoms with Crippen molar-refractivity contribution in [3.05, 3.63) is 64.2 Å². The molecule has 0 aliphatic carbocycles. The van der Waals surface area contributed by atoms with Gasteiger partial charge in [-0.3, -0.25) is 14.9 Å². The van der Waals surface area contributed by atoms with E-state index < -0.39 is 0 Å². The molecule has 3 aromatic rings. The fourth-order valence-electron chi connectivity index (χ4n) is 3.06. The second kappa shape index (κ2) is 5.76. The van der Waals surface area contributed by atoms with Crippen molar-refractivity contribution in [1.29, 1.82) is 0 Å². The lowest BCUT2D eigenvalue weighted by Gasteiger charge is -2.34. The summed E-state index contributed by atoms with van der Waals surface area (Å²) in [5, 5.41) is 7.19. The van der Waals surface area contributed by atoms with Gasteiger partial charge in [-0.2, -0.15) is 5.10 Å². The van der Waals surface area contributed by atoms with E-state index in [4.69, 9.17) is 11.6 Å². The third-order valence-corrected chi connectivity index (χ3v) is 4.72. The van der Waals surface area contributed by atoms with Crippen molar-refractivity contribution in [2.45, 2.75) is 19.4 Å². The molecule has 0 aromatic carbocycles. The van der Waals surface area contributed by atoms with Crippen molar-refractivity contribution in [2.75, 3.05) is 6.54 Å². The average molecular weight is 343 g/mol. The number of carbonyl (C=O) groups is 1. The fourth-order valence-corrected chi connectivity index (χ4v) is 3.23. The summed E-state index contributed by atoms with van der Waals surface area (Å²) in [6, 6.07) is 3.48. The van der Waals surface area contributed by atoms with Crippen LogP contribution in [0.5, 0.6) is 0 Å². The lowest BCUT2D eigenvalue weighted by atomic mass is 9.96. The lowest BCUT2D eigenvalue weighted by molar-refractivity contribution is 0.0684. The van der Waals surface area contributed by atoms with Crippen LogP contribution in [0.1, 0.15) is 39.2 Å². The van der Waals surface area contributed by atoms with Gasteiger partial charge in [0.2, 0.25) is 0 Å². The summed E-state index contributed by atoms with van der Waals surface area (Å²) >= 11 is 6.22. The van der Waals surface area contributed by atoms with Gasteiger partial charge < -0.3 is 9.88 Å². The summed E-state index contributed by atoms with van der Waals surface area (Å²) in [5.41, 5.74) is 3.70. The molecule has 1 aliphatic heterocycles. The Morgan fingerprint density at radius 1 is 1.46 bits per heavy atom. The predicted octanol–water partition coefficient (Wildman–Crippen LogP) is 2.28. The Bertz CT molecular complexity index is 887. The first-order chi connectivity index (χ1) is 11.7. The van der Waals surface area contributed by atoms with Gasteiger partial charge in [0.05, 0.1) is 22.7 Å². The van der Waals surface area contributed by atoms with E-state index in [0.717, 1.165) is 17.0 Å². The number of amides is 1. The van der Waals surface area contributed by atoms with Gasteiger partial charge in [0.1, 0.15) is 6.04 Å². The highest BCUT2D eigenvalue weighted by Gasteiger charge is 2.36. The summed E-state index contributed by atoms with van der Waals surface area (Å²) < 4.78 is 0.